The van der Waals surface area contributed by atoms with E-state index in [-0.39, 0.29) is 0 Å². The number of para-hydroxylation sites is 2. The predicted molar refractivity (Wildman–Crippen MR) is 253 cm³/mol. The van der Waals surface area contributed by atoms with Gasteiger partial charge < -0.3 is 4.57 Å². The quantitative estimate of drug-likeness (QED) is 0.161. The summed E-state index contributed by atoms with van der Waals surface area (Å²) in [6.45, 7) is 0. The van der Waals surface area contributed by atoms with E-state index in [9.17, 15) is 0 Å². The maximum absolute atomic E-state index is 5.29. The number of rotatable bonds is 7. The first-order valence-electron chi connectivity index (χ1n) is 20.8. The minimum absolute atomic E-state index is 0.625. The monoisotopic (exact) mass is 792 g/mol. The second kappa shape index (κ2) is 14.7. The second-order valence-corrected chi connectivity index (χ2v) is 15.5. The minimum atomic E-state index is 0.625. The van der Waals surface area contributed by atoms with Crippen LogP contribution in [0.3, 0.4) is 0 Å². The topological polar surface area (TPSA) is 61.4 Å². The van der Waals surface area contributed by atoms with Crippen LogP contribution in [0.2, 0.25) is 0 Å². The van der Waals surface area contributed by atoms with Gasteiger partial charge in [-0.25, -0.2) is 19.9 Å². The molecule has 6 heteroatoms. The zero-order valence-corrected chi connectivity index (χ0v) is 33.5. The summed E-state index contributed by atoms with van der Waals surface area (Å²) in [6, 6.07) is 75.9. The lowest BCUT2D eigenvalue weighted by molar-refractivity contribution is 0.996. The van der Waals surface area contributed by atoms with Crippen molar-refractivity contribution in [2.45, 2.75) is 0 Å². The molecule has 0 spiro atoms. The minimum Gasteiger partial charge on any atom is -0.309 e. The number of aromatic nitrogens is 6. The number of hydrogen-bond acceptors (Lipinski definition) is 4. The molecule has 0 aliphatic carbocycles. The third-order valence-corrected chi connectivity index (χ3v) is 11.8. The Balaban J connectivity index is 1.08. The highest BCUT2D eigenvalue weighted by Crippen LogP contribution is 2.43. The third-order valence-electron chi connectivity index (χ3n) is 11.8. The summed E-state index contributed by atoms with van der Waals surface area (Å²) < 4.78 is 4.61. The Morgan fingerprint density at radius 3 is 1.15 bits per heavy atom. The van der Waals surface area contributed by atoms with Crippen molar-refractivity contribution < 1.29 is 0 Å². The van der Waals surface area contributed by atoms with Gasteiger partial charge >= 0.3 is 0 Å². The Labute approximate surface area is 357 Å². The molecular formula is C56H36N6. The Morgan fingerprint density at radius 2 is 0.661 bits per heavy atom. The molecule has 4 heterocycles. The number of benzene rings is 8. The first kappa shape index (κ1) is 35.5. The SMILES string of the molecule is c1ccc(-c2cc(-c3ccccc3)nc(-c3cccc(-n4c5ccccc5c5c6c7ccccc7n(-c7nc(-c8ccccc8)cc(-c8ccccc8)n7)c6ccc54)c3)n2)cc1. The van der Waals surface area contributed by atoms with Gasteiger partial charge in [-0.05, 0) is 48.5 Å². The summed E-state index contributed by atoms with van der Waals surface area (Å²) in [5, 5.41) is 4.64. The molecule has 0 amide bonds. The first-order valence-corrected chi connectivity index (χ1v) is 20.8. The molecule has 0 N–H and O–H groups in total. The zero-order valence-electron chi connectivity index (χ0n) is 33.5. The summed E-state index contributed by atoms with van der Waals surface area (Å²) in [6.07, 6.45) is 0. The number of nitrogens with zero attached hydrogens (tertiary/aromatic N) is 6. The third kappa shape index (κ3) is 5.96. The van der Waals surface area contributed by atoms with Gasteiger partial charge in [0, 0.05) is 55.0 Å². The molecule has 0 aliphatic rings. The lowest BCUT2D eigenvalue weighted by Gasteiger charge is -2.12. The van der Waals surface area contributed by atoms with E-state index in [1.54, 1.807) is 0 Å². The van der Waals surface area contributed by atoms with Crippen LogP contribution in [0.15, 0.2) is 218 Å². The normalized spacial score (nSPS) is 11.5. The van der Waals surface area contributed by atoms with Gasteiger partial charge in [-0.15, -0.1) is 0 Å². The highest BCUT2D eigenvalue weighted by Gasteiger charge is 2.23. The summed E-state index contributed by atoms with van der Waals surface area (Å²) in [7, 11) is 0. The van der Waals surface area contributed by atoms with Crippen molar-refractivity contribution in [1.82, 2.24) is 29.1 Å². The number of hydrogen-bond donors (Lipinski definition) is 0. The van der Waals surface area contributed by atoms with E-state index in [0.717, 1.165) is 89.1 Å². The molecule has 0 fully saturated rings. The smallest absolute Gasteiger partial charge is 0.235 e. The van der Waals surface area contributed by atoms with E-state index in [1.807, 2.05) is 48.5 Å². The fourth-order valence-electron chi connectivity index (χ4n) is 8.93. The van der Waals surface area contributed by atoms with Crippen molar-refractivity contribution in [3.05, 3.63) is 218 Å². The van der Waals surface area contributed by atoms with Gasteiger partial charge in [0.05, 0.1) is 44.8 Å². The molecule has 0 atom stereocenters. The fraction of sp³-hybridized carbons (Fsp3) is 0. The highest BCUT2D eigenvalue weighted by molar-refractivity contribution is 6.28. The molecule has 0 bridgehead atoms. The van der Waals surface area contributed by atoms with Crippen LogP contribution in [0.1, 0.15) is 0 Å². The summed E-state index contributed by atoms with van der Waals surface area (Å²) >= 11 is 0. The van der Waals surface area contributed by atoms with E-state index >= 15 is 0 Å². The van der Waals surface area contributed by atoms with Crippen LogP contribution in [0.4, 0.5) is 0 Å². The second-order valence-electron chi connectivity index (χ2n) is 15.5. The molecule has 0 aliphatic heterocycles. The van der Waals surface area contributed by atoms with Crippen molar-refractivity contribution in [2.75, 3.05) is 0 Å². The van der Waals surface area contributed by atoms with Gasteiger partial charge in [-0.1, -0.05) is 170 Å². The molecule has 12 rings (SSSR count). The fourth-order valence-corrected chi connectivity index (χ4v) is 8.93. The van der Waals surface area contributed by atoms with Crippen LogP contribution >= 0.6 is 0 Å². The van der Waals surface area contributed by atoms with Crippen molar-refractivity contribution in [1.29, 1.82) is 0 Å². The van der Waals surface area contributed by atoms with Crippen molar-refractivity contribution in [2.24, 2.45) is 0 Å². The lowest BCUT2D eigenvalue weighted by atomic mass is 10.1. The predicted octanol–water partition coefficient (Wildman–Crippen LogP) is 13.8. The number of fused-ring (bicyclic) bond motifs is 7. The van der Waals surface area contributed by atoms with Gasteiger partial charge in [-0.3, -0.25) is 4.57 Å². The van der Waals surface area contributed by atoms with Crippen molar-refractivity contribution in [3.8, 4) is 68.1 Å². The van der Waals surface area contributed by atoms with Crippen LogP contribution in [-0.4, -0.2) is 29.1 Å². The lowest BCUT2D eigenvalue weighted by Crippen LogP contribution is -2.04. The van der Waals surface area contributed by atoms with E-state index in [2.05, 4.69) is 179 Å². The van der Waals surface area contributed by atoms with Gasteiger partial charge in [0.1, 0.15) is 0 Å². The molecule has 8 aromatic carbocycles. The van der Waals surface area contributed by atoms with E-state index < -0.39 is 0 Å². The Kier molecular flexibility index (Phi) is 8.38. The molecule has 290 valence electrons. The highest BCUT2D eigenvalue weighted by atomic mass is 15.2. The molecular weight excluding hydrogens is 757 g/mol. The Bertz CT molecular complexity index is 3500. The largest absolute Gasteiger partial charge is 0.309 e. The summed E-state index contributed by atoms with van der Waals surface area (Å²) in [5.41, 5.74) is 13.9. The van der Waals surface area contributed by atoms with Crippen molar-refractivity contribution >= 4 is 43.6 Å². The van der Waals surface area contributed by atoms with Crippen LogP contribution < -0.4 is 0 Å². The molecule has 0 saturated heterocycles. The summed E-state index contributed by atoms with van der Waals surface area (Å²) in [5.74, 6) is 1.30. The van der Waals surface area contributed by atoms with Crippen LogP contribution in [-0.2, 0) is 0 Å². The molecule has 0 unspecified atom stereocenters. The molecule has 62 heavy (non-hydrogen) atoms. The summed E-state index contributed by atoms with van der Waals surface area (Å²) in [4.78, 5) is 20.9. The molecule has 6 nitrogen and oxygen atoms in total. The van der Waals surface area contributed by atoms with Crippen LogP contribution in [0.5, 0.6) is 0 Å². The Morgan fingerprint density at radius 1 is 0.274 bits per heavy atom. The van der Waals surface area contributed by atoms with Gasteiger partial charge in [0.15, 0.2) is 5.82 Å². The molecule has 12 aromatic rings. The standard InChI is InChI=1S/C56H36N6/c1-5-18-37(19-6-1)45-35-46(38-20-7-2-8-21-38)58-55(57-45)41-26-17-27-42(34-41)61-49-30-15-13-28-43(49)53-51(61)32-33-52-54(53)44-29-14-16-31-50(44)62(52)56-59-47(39-22-9-3-10-23-39)36-48(60-56)40-24-11-4-12-25-40/h1-36H. The van der Waals surface area contributed by atoms with Crippen molar-refractivity contribution in [3.63, 3.8) is 0 Å². The van der Waals surface area contributed by atoms with Crippen LogP contribution in [0, 0.1) is 0 Å². The molecule has 0 saturated carbocycles. The zero-order chi connectivity index (χ0) is 41.0. The van der Waals surface area contributed by atoms with Gasteiger partial charge in [-0.2, -0.15) is 0 Å². The van der Waals surface area contributed by atoms with Gasteiger partial charge in [0.25, 0.3) is 0 Å². The Hall–Kier alpha value is -8.48. The van der Waals surface area contributed by atoms with Crippen LogP contribution in [0.25, 0.3) is 112 Å². The molecule has 0 radical (unpaired) electrons. The average molecular weight is 793 g/mol. The van der Waals surface area contributed by atoms with E-state index in [1.165, 1.54) is 10.8 Å². The maximum Gasteiger partial charge on any atom is 0.235 e. The first-order chi connectivity index (χ1) is 30.7. The average Bonchev–Trinajstić information content (AvgIpc) is 3.88. The van der Waals surface area contributed by atoms with E-state index in [4.69, 9.17) is 19.9 Å². The maximum atomic E-state index is 5.29. The molecule has 4 aromatic heterocycles. The van der Waals surface area contributed by atoms with Gasteiger partial charge in [0.2, 0.25) is 5.95 Å². The van der Waals surface area contributed by atoms with E-state index in [0.29, 0.717) is 11.8 Å².